The molecule has 0 aliphatic carbocycles. The number of ether oxygens (including phenoxy) is 3. The summed E-state index contributed by atoms with van der Waals surface area (Å²) in [5.74, 6) is 0.558. The number of methoxy groups -OCH3 is 2. The van der Waals surface area contributed by atoms with E-state index in [1.807, 2.05) is 0 Å². The minimum Gasteiger partial charge on any atom is -0.496 e. The van der Waals surface area contributed by atoms with Gasteiger partial charge < -0.3 is 19.5 Å². The number of carbonyl (C=O) groups excluding carboxylic acids is 1. The van der Waals surface area contributed by atoms with Gasteiger partial charge in [0.1, 0.15) is 35.2 Å². The molecule has 23 heavy (non-hydrogen) atoms. The summed E-state index contributed by atoms with van der Waals surface area (Å²) in [5, 5.41) is 2.72. The highest BCUT2D eigenvalue weighted by Crippen LogP contribution is 2.27. The number of amides is 1. The number of carbonyl (C=O) groups is 1. The van der Waals surface area contributed by atoms with Crippen molar-refractivity contribution < 1.29 is 23.4 Å². The standard InChI is InChI=1S/C17H18FNO4/c1-21-14-7-4-8-15(22-2)16(14)17(20)19-9-10-23-13-6-3-5-12(18)11-13/h3-8,11H,9-10H2,1-2H3,(H,19,20). The van der Waals surface area contributed by atoms with Crippen molar-refractivity contribution in [1.29, 1.82) is 0 Å². The fraction of sp³-hybridized carbons (Fsp3) is 0.235. The van der Waals surface area contributed by atoms with Gasteiger partial charge in [-0.25, -0.2) is 4.39 Å². The maximum atomic E-state index is 13.0. The highest BCUT2D eigenvalue weighted by Gasteiger charge is 2.17. The molecular formula is C17H18FNO4. The quantitative estimate of drug-likeness (QED) is 0.797. The summed E-state index contributed by atoms with van der Waals surface area (Å²) in [6.45, 7) is 0.475. The van der Waals surface area contributed by atoms with Crippen molar-refractivity contribution in [3.8, 4) is 17.2 Å². The third-order valence-electron chi connectivity index (χ3n) is 3.11. The lowest BCUT2D eigenvalue weighted by molar-refractivity contribution is 0.0940. The van der Waals surface area contributed by atoms with E-state index in [0.717, 1.165) is 0 Å². The van der Waals surface area contributed by atoms with Crippen LogP contribution in [0.25, 0.3) is 0 Å². The number of hydrogen-bond donors (Lipinski definition) is 1. The molecule has 122 valence electrons. The second kappa shape index (κ2) is 8.03. The normalized spacial score (nSPS) is 10.0. The van der Waals surface area contributed by atoms with Gasteiger partial charge in [0.15, 0.2) is 0 Å². The van der Waals surface area contributed by atoms with Gasteiger partial charge >= 0.3 is 0 Å². The summed E-state index contributed by atoms with van der Waals surface area (Å²) >= 11 is 0. The molecule has 2 aromatic rings. The van der Waals surface area contributed by atoms with E-state index in [4.69, 9.17) is 14.2 Å². The Morgan fingerprint density at radius 2 is 1.74 bits per heavy atom. The van der Waals surface area contributed by atoms with Crippen molar-refractivity contribution >= 4 is 5.91 Å². The molecule has 5 nitrogen and oxygen atoms in total. The molecule has 2 rings (SSSR count). The van der Waals surface area contributed by atoms with Crippen molar-refractivity contribution in [1.82, 2.24) is 5.32 Å². The van der Waals surface area contributed by atoms with Gasteiger partial charge in [-0.05, 0) is 24.3 Å². The first kappa shape index (κ1) is 16.6. The molecule has 2 aromatic carbocycles. The first-order valence-electron chi connectivity index (χ1n) is 7.03. The minimum atomic E-state index is -0.370. The van der Waals surface area contributed by atoms with Crippen LogP contribution in [0.2, 0.25) is 0 Å². The molecule has 0 heterocycles. The number of benzene rings is 2. The Bertz CT molecular complexity index is 653. The van der Waals surface area contributed by atoms with E-state index in [1.165, 1.54) is 26.4 Å². The monoisotopic (exact) mass is 319 g/mol. The zero-order chi connectivity index (χ0) is 16.7. The van der Waals surface area contributed by atoms with Crippen LogP contribution in [0.1, 0.15) is 10.4 Å². The maximum Gasteiger partial charge on any atom is 0.258 e. The Balaban J connectivity index is 1.92. The molecule has 0 radical (unpaired) electrons. The Morgan fingerprint density at radius 3 is 2.35 bits per heavy atom. The van der Waals surface area contributed by atoms with Crippen molar-refractivity contribution in [2.45, 2.75) is 0 Å². The second-order valence-corrected chi connectivity index (χ2v) is 4.60. The summed E-state index contributed by atoms with van der Waals surface area (Å²) < 4.78 is 28.8. The van der Waals surface area contributed by atoms with Gasteiger partial charge in [0.2, 0.25) is 0 Å². The minimum absolute atomic E-state index is 0.215. The summed E-state index contributed by atoms with van der Waals surface area (Å²) in [6.07, 6.45) is 0. The van der Waals surface area contributed by atoms with Crippen LogP contribution in [-0.2, 0) is 0 Å². The van der Waals surface area contributed by atoms with Crippen LogP contribution < -0.4 is 19.5 Å². The average Bonchev–Trinajstić information content (AvgIpc) is 2.57. The van der Waals surface area contributed by atoms with E-state index in [-0.39, 0.29) is 24.9 Å². The van der Waals surface area contributed by atoms with E-state index in [2.05, 4.69) is 5.32 Å². The lowest BCUT2D eigenvalue weighted by Gasteiger charge is -2.13. The Labute approximate surface area is 134 Å². The molecule has 0 aliphatic rings. The van der Waals surface area contributed by atoms with Crippen LogP contribution in [0.15, 0.2) is 42.5 Å². The summed E-state index contributed by atoms with van der Waals surface area (Å²) in [5.41, 5.74) is 0.322. The second-order valence-electron chi connectivity index (χ2n) is 4.60. The van der Waals surface area contributed by atoms with Crippen LogP contribution in [-0.4, -0.2) is 33.3 Å². The number of hydrogen-bond acceptors (Lipinski definition) is 4. The number of rotatable bonds is 7. The number of nitrogens with one attached hydrogen (secondary N) is 1. The fourth-order valence-corrected chi connectivity index (χ4v) is 2.05. The molecule has 1 N–H and O–H groups in total. The van der Waals surface area contributed by atoms with E-state index in [0.29, 0.717) is 22.8 Å². The van der Waals surface area contributed by atoms with Gasteiger partial charge in [-0.2, -0.15) is 0 Å². The zero-order valence-corrected chi connectivity index (χ0v) is 13.0. The third-order valence-corrected chi connectivity index (χ3v) is 3.11. The molecule has 1 amide bonds. The predicted molar refractivity (Wildman–Crippen MR) is 83.8 cm³/mol. The van der Waals surface area contributed by atoms with Gasteiger partial charge in [-0.1, -0.05) is 12.1 Å². The van der Waals surface area contributed by atoms with Crippen molar-refractivity contribution in [3.05, 3.63) is 53.8 Å². The van der Waals surface area contributed by atoms with Crippen molar-refractivity contribution in [2.24, 2.45) is 0 Å². The zero-order valence-electron chi connectivity index (χ0n) is 13.0. The fourth-order valence-electron chi connectivity index (χ4n) is 2.05. The molecular weight excluding hydrogens is 301 g/mol. The molecule has 0 aromatic heterocycles. The van der Waals surface area contributed by atoms with Crippen LogP contribution in [0.5, 0.6) is 17.2 Å². The van der Waals surface area contributed by atoms with Crippen LogP contribution >= 0.6 is 0 Å². The smallest absolute Gasteiger partial charge is 0.258 e. The third kappa shape index (κ3) is 4.35. The van der Waals surface area contributed by atoms with E-state index >= 15 is 0 Å². The SMILES string of the molecule is COc1cccc(OC)c1C(=O)NCCOc1cccc(F)c1. The summed E-state index contributed by atoms with van der Waals surface area (Å²) in [6, 6.07) is 10.9. The molecule has 0 aliphatic heterocycles. The topological polar surface area (TPSA) is 56.8 Å². The molecule has 0 fully saturated rings. The lowest BCUT2D eigenvalue weighted by atomic mass is 10.1. The molecule has 0 bridgehead atoms. The number of halogens is 1. The van der Waals surface area contributed by atoms with Crippen molar-refractivity contribution in [2.75, 3.05) is 27.4 Å². The van der Waals surface area contributed by atoms with Crippen LogP contribution in [0, 0.1) is 5.82 Å². The van der Waals surface area contributed by atoms with Gasteiger partial charge in [0.05, 0.1) is 20.8 Å². The van der Waals surface area contributed by atoms with E-state index < -0.39 is 0 Å². The van der Waals surface area contributed by atoms with Crippen LogP contribution in [0.3, 0.4) is 0 Å². The van der Waals surface area contributed by atoms with Gasteiger partial charge in [0.25, 0.3) is 5.91 Å². The van der Waals surface area contributed by atoms with Gasteiger partial charge in [-0.3, -0.25) is 4.79 Å². The van der Waals surface area contributed by atoms with Gasteiger partial charge in [-0.15, -0.1) is 0 Å². The summed E-state index contributed by atoms with van der Waals surface area (Å²) in [4.78, 5) is 12.3. The van der Waals surface area contributed by atoms with Crippen molar-refractivity contribution in [3.63, 3.8) is 0 Å². The average molecular weight is 319 g/mol. The molecule has 0 atom stereocenters. The maximum absolute atomic E-state index is 13.0. The first-order chi connectivity index (χ1) is 11.2. The predicted octanol–water partition coefficient (Wildman–Crippen LogP) is 2.65. The van der Waals surface area contributed by atoms with E-state index in [9.17, 15) is 9.18 Å². The molecule has 6 heteroatoms. The Morgan fingerprint density at radius 1 is 1.09 bits per heavy atom. The molecule has 0 saturated heterocycles. The highest BCUT2D eigenvalue weighted by molar-refractivity contribution is 5.99. The molecule has 0 unspecified atom stereocenters. The first-order valence-corrected chi connectivity index (χ1v) is 7.03. The summed E-state index contributed by atoms with van der Waals surface area (Å²) in [7, 11) is 2.97. The van der Waals surface area contributed by atoms with Gasteiger partial charge in [0, 0.05) is 6.07 Å². The largest absolute Gasteiger partial charge is 0.496 e. The highest BCUT2D eigenvalue weighted by atomic mass is 19.1. The lowest BCUT2D eigenvalue weighted by Crippen LogP contribution is -2.28. The molecule has 0 saturated carbocycles. The van der Waals surface area contributed by atoms with Crippen LogP contribution in [0.4, 0.5) is 4.39 Å². The van der Waals surface area contributed by atoms with E-state index in [1.54, 1.807) is 30.3 Å². The Kier molecular flexibility index (Phi) is 5.80. The molecule has 0 spiro atoms. The Hall–Kier alpha value is -2.76.